The molecule has 0 amide bonds. The van der Waals surface area contributed by atoms with Gasteiger partial charge in [-0.2, -0.15) is 14.6 Å². The normalized spacial score (nSPS) is 23.5. The van der Waals surface area contributed by atoms with E-state index >= 15 is 0 Å². The van der Waals surface area contributed by atoms with Crippen LogP contribution in [0.2, 0.25) is 0 Å². The van der Waals surface area contributed by atoms with Crippen LogP contribution in [0.4, 0.5) is 5.82 Å². The van der Waals surface area contributed by atoms with Crippen molar-refractivity contribution in [2.75, 3.05) is 44.3 Å². The lowest BCUT2D eigenvalue weighted by molar-refractivity contribution is 0.0338. The van der Waals surface area contributed by atoms with Crippen molar-refractivity contribution in [3.63, 3.8) is 0 Å². The lowest BCUT2D eigenvalue weighted by Gasteiger charge is -2.40. The predicted molar refractivity (Wildman–Crippen MR) is 87.8 cm³/mol. The monoisotopic (exact) mass is 316 g/mol. The molecule has 0 N–H and O–H groups in total. The number of piperidine rings is 1. The van der Waals surface area contributed by atoms with Gasteiger partial charge in [0.1, 0.15) is 12.1 Å². The molecule has 2 fully saturated rings. The fourth-order valence-electron chi connectivity index (χ4n) is 3.69. The fourth-order valence-corrected chi connectivity index (χ4v) is 3.69. The van der Waals surface area contributed by atoms with Crippen molar-refractivity contribution in [2.24, 2.45) is 0 Å². The van der Waals surface area contributed by atoms with E-state index < -0.39 is 0 Å². The summed E-state index contributed by atoms with van der Waals surface area (Å²) in [7, 11) is 0. The van der Waals surface area contributed by atoms with Gasteiger partial charge in [-0.05, 0) is 26.2 Å². The Bertz CT molecular complexity index is 666. The molecule has 4 rings (SSSR count). The van der Waals surface area contributed by atoms with Crippen LogP contribution < -0.4 is 4.90 Å². The molecule has 0 saturated carbocycles. The van der Waals surface area contributed by atoms with E-state index in [9.17, 15) is 0 Å². The van der Waals surface area contributed by atoms with E-state index in [1.807, 2.05) is 11.4 Å². The van der Waals surface area contributed by atoms with E-state index in [2.05, 4.69) is 30.9 Å². The van der Waals surface area contributed by atoms with Crippen LogP contribution in [0.1, 0.15) is 25.0 Å². The molecule has 1 unspecified atom stereocenters. The Hall–Kier alpha value is -1.73. The minimum absolute atomic E-state index is 0.524. The van der Waals surface area contributed by atoms with Gasteiger partial charge in [0, 0.05) is 44.0 Å². The molecule has 2 aliphatic heterocycles. The molecule has 7 heteroatoms. The van der Waals surface area contributed by atoms with Gasteiger partial charge in [0.15, 0.2) is 0 Å². The number of morpholine rings is 1. The molecule has 2 aromatic rings. The van der Waals surface area contributed by atoms with E-state index in [4.69, 9.17) is 4.74 Å². The van der Waals surface area contributed by atoms with Gasteiger partial charge in [0.2, 0.25) is 0 Å². The number of ether oxygens (including phenoxy) is 1. The summed E-state index contributed by atoms with van der Waals surface area (Å²) in [6.07, 6.45) is 5.36. The van der Waals surface area contributed by atoms with Crippen LogP contribution in [-0.4, -0.2) is 69.9 Å². The summed E-state index contributed by atoms with van der Waals surface area (Å²) < 4.78 is 7.36. The van der Waals surface area contributed by atoms with Crippen molar-refractivity contribution in [1.82, 2.24) is 24.5 Å². The van der Waals surface area contributed by atoms with Crippen LogP contribution in [0.25, 0.3) is 5.78 Å². The largest absolute Gasteiger partial charge is 0.379 e. The zero-order chi connectivity index (χ0) is 15.6. The van der Waals surface area contributed by atoms with Crippen molar-refractivity contribution in [3.8, 4) is 0 Å². The summed E-state index contributed by atoms with van der Waals surface area (Å²) in [5, 5.41) is 4.38. The number of anilines is 1. The van der Waals surface area contributed by atoms with Crippen molar-refractivity contribution in [3.05, 3.63) is 18.1 Å². The van der Waals surface area contributed by atoms with E-state index in [1.54, 1.807) is 6.33 Å². The van der Waals surface area contributed by atoms with Gasteiger partial charge in [-0.3, -0.25) is 4.90 Å². The second-order valence-electron chi connectivity index (χ2n) is 6.48. The van der Waals surface area contributed by atoms with Crippen molar-refractivity contribution < 1.29 is 4.74 Å². The first-order valence-electron chi connectivity index (χ1n) is 8.55. The molecule has 0 aliphatic carbocycles. The van der Waals surface area contributed by atoms with Gasteiger partial charge >= 0.3 is 0 Å². The SMILES string of the molecule is Cc1cc(N2CCCCC2CN2CCOCC2)n2ncnc2n1. The quantitative estimate of drug-likeness (QED) is 0.846. The summed E-state index contributed by atoms with van der Waals surface area (Å²) in [6.45, 7) is 7.99. The number of aryl methyl sites for hydroxylation is 1. The maximum atomic E-state index is 5.48. The number of aromatic nitrogens is 4. The third-order valence-electron chi connectivity index (χ3n) is 4.86. The third kappa shape index (κ3) is 3.03. The van der Waals surface area contributed by atoms with Crippen molar-refractivity contribution in [1.29, 1.82) is 0 Å². The van der Waals surface area contributed by atoms with Gasteiger partial charge in [-0.1, -0.05) is 0 Å². The Morgan fingerprint density at radius 3 is 2.96 bits per heavy atom. The highest BCUT2D eigenvalue weighted by molar-refractivity contribution is 5.48. The molecule has 0 aromatic carbocycles. The number of fused-ring (bicyclic) bond motifs is 1. The summed E-state index contributed by atoms with van der Waals surface area (Å²) in [5.74, 6) is 1.82. The average molecular weight is 316 g/mol. The summed E-state index contributed by atoms with van der Waals surface area (Å²) in [4.78, 5) is 13.8. The Morgan fingerprint density at radius 1 is 1.22 bits per heavy atom. The first-order valence-corrected chi connectivity index (χ1v) is 8.55. The maximum absolute atomic E-state index is 5.48. The van der Waals surface area contributed by atoms with Crippen molar-refractivity contribution >= 4 is 11.6 Å². The third-order valence-corrected chi connectivity index (χ3v) is 4.86. The zero-order valence-electron chi connectivity index (χ0n) is 13.7. The van der Waals surface area contributed by atoms with Crippen LogP contribution in [0.3, 0.4) is 0 Å². The molecule has 2 saturated heterocycles. The summed E-state index contributed by atoms with van der Waals surface area (Å²) in [5.41, 5.74) is 0.996. The Morgan fingerprint density at radius 2 is 2.09 bits per heavy atom. The van der Waals surface area contributed by atoms with Crippen LogP contribution in [0.15, 0.2) is 12.4 Å². The predicted octanol–water partition coefficient (Wildman–Crippen LogP) is 1.12. The molecule has 2 aromatic heterocycles. The highest BCUT2D eigenvalue weighted by Gasteiger charge is 2.27. The first kappa shape index (κ1) is 14.8. The molecule has 124 valence electrons. The second-order valence-corrected chi connectivity index (χ2v) is 6.48. The number of hydrogen-bond acceptors (Lipinski definition) is 6. The van der Waals surface area contributed by atoms with E-state index in [0.29, 0.717) is 11.8 Å². The van der Waals surface area contributed by atoms with Crippen LogP contribution in [0, 0.1) is 6.92 Å². The minimum Gasteiger partial charge on any atom is -0.379 e. The topological polar surface area (TPSA) is 58.8 Å². The Labute approximate surface area is 136 Å². The number of hydrogen-bond donors (Lipinski definition) is 0. The molecule has 0 spiro atoms. The highest BCUT2D eigenvalue weighted by atomic mass is 16.5. The van der Waals surface area contributed by atoms with Gasteiger partial charge in [0.25, 0.3) is 5.78 Å². The van der Waals surface area contributed by atoms with Gasteiger partial charge in [-0.15, -0.1) is 0 Å². The molecule has 2 aliphatic rings. The number of nitrogens with zero attached hydrogens (tertiary/aromatic N) is 6. The van der Waals surface area contributed by atoms with Crippen molar-refractivity contribution in [2.45, 2.75) is 32.2 Å². The molecule has 4 heterocycles. The van der Waals surface area contributed by atoms with Gasteiger partial charge in [0.05, 0.1) is 13.2 Å². The minimum atomic E-state index is 0.524. The van der Waals surface area contributed by atoms with Gasteiger partial charge in [-0.25, -0.2) is 4.98 Å². The first-order chi connectivity index (χ1) is 11.3. The van der Waals surface area contributed by atoms with E-state index in [1.165, 1.54) is 19.3 Å². The molecular weight excluding hydrogens is 292 g/mol. The second kappa shape index (κ2) is 6.41. The number of rotatable bonds is 3. The van der Waals surface area contributed by atoms with Crippen LogP contribution >= 0.6 is 0 Å². The Balaban J connectivity index is 1.62. The molecule has 0 radical (unpaired) electrons. The average Bonchev–Trinajstić information content (AvgIpc) is 3.04. The molecule has 0 bridgehead atoms. The standard InChI is InChI=1S/C16H24N6O/c1-13-10-15(22-16(19-13)17-12-18-22)21-5-3-2-4-14(21)11-20-6-8-23-9-7-20/h10,12,14H,2-9,11H2,1H3. The van der Waals surface area contributed by atoms with Gasteiger partial charge < -0.3 is 9.64 Å². The molecule has 1 atom stereocenters. The fraction of sp³-hybridized carbons (Fsp3) is 0.688. The van der Waals surface area contributed by atoms with Crippen LogP contribution in [0.5, 0.6) is 0 Å². The lowest BCUT2D eigenvalue weighted by atomic mass is 10.0. The summed E-state index contributed by atoms with van der Waals surface area (Å²) >= 11 is 0. The van der Waals surface area contributed by atoms with Crippen LogP contribution in [-0.2, 0) is 4.74 Å². The smallest absolute Gasteiger partial charge is 0.254 e. The highest BCUT2D eigenvalue weighted by Crippen LogP contribution is 2.26. The Kier molecular flexibility index (Phi) is 4.13. The van der Waals surface area contributed by atoms with E-state index in [0.717, 1.165) is 50.9 Å². The molecular formula is C16H24N6O. The summed E-state index contributed by atoms with van der Waals surface area (Å²) in [6, 6.07) is 2.66. The van der Waals surface area contributed by atoms with E-state index in [-0.39, 0.29) is 0 Å². The zero-order valence-corrected chi connectivity index (χ0v) is 13.7. The lowest BCUT2D eigenvalue weighted by Crippen LogP contribution is -2.50. The maximum Gasteiger partial charge on any atom is 0.254 e. The molecule has 23 heavy (non-hydrogen) atoms. The molecule has 7 nitrogen and oxygen atoms in total.